The van der Waals surface area contributed by atoms with Gasteiger partial charge in [0.15, 0.2) is 5.84 Å². The number of amides is 1. The van der Waals surface area contributed by atoms with Crippen molar-refractivity contribution >= 4 is 23.5 Å². The van der Waals surface area contributed by atoms with E-state index in [2.05, 4.69) is 10.5 Å². The highest BCUT2D eigenvalue weighted by Crippen LogP contribution is 2.28. The number of nitrogens with zero attached hydrogens (tertiary/aromatic N) is 1. The summed E-state index contributed by atoms with van der Waals surface area (Å²) in [5.74, 6) is 1.92. The zero-order valence-corrected chi connectivity index (χ0v) is 11.2. The Kier molecular flexibility index (Phi) is 5.11. The molecule has 1 atom stereocenters. The number of carbonyl (C=O) groups excluding carboxylic acids is 1. The van der Waals surface area contributed by atoms with Gasteiger partial charge in [-0.1, -0.05) is 19.0 Å². The predicted octanol–water partition coefficient (Wildman–Crippen LogP) is 1.16. The maximum Gasteiger partial charge on any atom is 0.234 e. The van der Waals surface area contributed by atoms with Crippen LogP contribution in [0.4, 0.5) is 0 Å². The zero-order chi connectivity index (χ0) is 12.9. The minimum atomic E-state index is -0.873. The summed E-state index contributed by atoms with van der Waals surface area (Å²) in [6, 6.07) is 0.219. The summed E-state index contributed by atoms with van der Waals surface area (Å²) in [6.07, 6.45) is 2.06. The number of amidine groups is 1. The molecule has 4 N–H and O–H groups in total. The van der Waals surface area contributed by atoms with Crippen LogP contribution in [-0.4, -0.2) is 34.5 Å². The van der Waals surface area contributed by atoms with E-state index in [1.807, 2.05) is 25.6 Å². The summed E-state index contributed by atoms with van der Waals surface area (Å²) in [4.78, 5) is 12.3. The van der Waals surface area contributed by atoms with Crippen molar-refractivity contribution < 1.29 is 10.0 Å². The first-order valence-corrected chi connectivity index (χ1v) is 7.12. The fourth-order valence-corrected chi connectivity index (χ4v) is 3.27. The van der Waals surface area contributed by atoms with E-state index in [0.717, 1.165) is 17.9 Å². The van der Waals surface area contributed by atoms with Gasteiger partial charge >= 0.3 is 0 Å². The van der Waals surface area contributed by atoms with Crippen LogP contribution in [0.15, 0.2) is 5.16 Å². The van der Waals surface area contributed by atoms with Crippen molar-refractivity contribution in [2.75, 3.05) is 11.5 Å². The Balaban J connectivity index is 2.79. The molecule has 0 spiro atoms. The van der Waals surface area contributed by atoms with Crippen LogP contribution in [0.1, 0.15) is 33.1 Å². The Bertz CT molecular complexity index is 297. The van der Waals surface area contributed by atoms with Gasteiger partial charge in [0, 0.05) is 11.8 Å². The lowest BCUT2D eigenvalue weighted by Gasteiger charge is -2.30. The molecule has 17 heavy (non-hydrogen) atoms. The topological polar surface area (TPSA) is 87.7 Å². The van der Waals surface area contributed by atoms with Gasteiger partial charge in [0.2, 0.25) is 5.91 Å². The minimum Gasteiger partial charge on any atom is -0.409 e. The lowest BCUT2D eigenvalue weighted by atomic mass is 9.80. The monoisotopic (exact) mass is 259 g/mol. The highest BCUT2D eigenvalue weighted by molar-refractivity contribution is 7.99. The Morgan fingerprint density at radius 1 is 1.59 bits per heavy atom. The molecule has 1 unspecified atom stereocenters. The molecule has 1 aliphatic rings. The molecule has 0 radical (unpaired) electrons. The maximum absolute atomic E-state index is 12.3. The SMILES string of the molecule is CCC(CC)(C(=O)NC1CCSC1)C(N)=NO. The van der Waals surface area contributed by atoms with Gasteiger partial charge in [-0.15, -0.1) is 0 Å². The average molecular weight is 259 g/mol. The molecule has 1 aliphatic heterocycles. The number of rotatable bonds is 5. The van der Waals surface area contributed by atoms with Gasteiger partial charge in [-0.3, -0.25) is 4.79 Å². The van der Waals surface area contributed by atoms with E-state index in [1.165, 1.54) is 0 Å². The van der Waals surface area contributed by atoms with Gasteiger partial charge in [-0.05, 0) is 25.0 Å². The lowest BCUT2D eigenvalue weighted by Crippen LogP contribution is -2.51. The molecular weight excluding hydrogens is 238 g/mol. The number of carbonyl (C=O) groups is 1. The summed E-state index contributed by atoms with van der Waals surface area (Å²) in [5, 5.41) is 14.9. The largest absolute Gasteiger partial charge is 0.409 e. The Morgan fingerprint density at radius 2 is 2.24 bits per heavy atom. The second kappa shape index (κ2) is 6.14. The molecule has 1 fully saturated rings. The van der Waals surface area contributed by atoms with Crippen LogP contribution in [0.3, 0.4) is 0 Å². The van der Waals surface area contributed by atoms with Gasteiger partial charge in [0.05, 0.1) is 0 Å². The molecule has 0 saturated carbocycles. The molecule has 5 nitrogen and oxygen atoms in total. The molecule has 0 aromatic rings. The smallest absolute Gasteiger partial charge is 0.234 e. The number of oxime groups is 1. The van der Waals surface area contributed by atoms with Gasteiger partial charge in [0.25, 0.3) is 0 Å². The third-order valence-corrected chi connectivity index (χ3v) is 4.67. The van der Waals surface area contributed by atoms with Crippen LogP contribution >= 0.6 is 11.8 Å². The molecule has 6 heteroatoms. The van der Waals surface area contributed by atoms with Crippen LogP contribution < -0.4 is 11.1 Å². The fraction of sp³-hybridized carbons (Fsp3) is 0.818. The van der Waals surface area contributed by atoms with Crippen LogP contribution in [-0.2, 0) is 4.79 Å². The third-order valence-electron chi connectivity index (χ3n) is 3.50. The van der Waals surface area contributed by atoms with Crippen molar-refractivity contribution in [1.29, 1.82) is 0 Å². The van der Waals surface area contributed by atoms with Gasteiger partial charge in [0.1, 0.15) is 5.41 Å². The number of thioether (sulfide) groups is 1. The van der Waals surface area contributed by atoms with E-state index >= 15 is 0 Å². The molecule has 1 saturated heterocycles. The van der Waals surface area contributed by atoms with Crippen LogP contribution in [0, 0.1) is 5.41 Å². The van der Waals surface area contributed by atoms with Crippen molar-refractivity contribution in [3.05, 3.63) is 0 Å². The van der Waals surface area contributed by atoms with Crippen LogP contribution in [0.25, 0.3) is 0 Å². The summed E-state index contributed by atoms with van der Waals surface area (Å²) in [7, 11) is 0. The molecule has 1 amide bonds. The molecule has 0 bridgehead atoms. The first kappa shape index (κ1) is 14.2. The first-order chi connectivity index (χ1) is 8.10. The van der Waals surface area contributed by atoms with Crippen LogP contribution in [0.2, 0.25) is 0 Å². The van der Waals surface area contributed by atoms with Crippen molar-refractivity contribution in [3.63, 3.8) is 0 Å². The molecule has 1 heterocycles. The Hall–Kier alpha value is -0.910. The summed E-state index contributed by atoms with van der Waals surface area (Å²) in [6.45, 7) is 3.76. The molecule has 0 aromatic carbocycles. The minimum absolute atomic E-state index is 0.00523. The number of nitrogens with one attached hydrogen (secondary N) is 1. The van der Waals surface area contributed by atoms with Crippen molar-refractivity contribution in [1.82, 2.24) is 5.32 Å². The lowest BCUT2D eigenvalue weighted by molar-refractivity contribution is -0.128. The van der Waals surface area contributed by atoms with E-state index in [4.69, 9.17) is 10.9 Å². The first-order valence-electron chi connectivity index (χ1n) is 5.97. The average Bonchev–Trinajstić information content (AvgIpc) is 2.83. The molecule has 0 aromatic heterocycles. The zero-order valence-electron chi connectivity index (χ0n) is 10.4. The number of nitrogens with two attached hydrogens (primary N) is 1. The summed E-state index contributed by atoms with van der Waals surface area (Å²) < 4.78 is 0. The maximum atomic E-state index is 12.3. The second-order valence-corrected chi connectivity index (χ2v) is 5.46. The predicted molar refractivity (Wildman–Crippen MR) is 70.3 cm³/mol. The van der Waals surface area contributed by atoms with Crippen LogP contribution in [0.5, 0.6) is 0 Å². The van der Waals surface area contributed by atoms with E-state index in [9.17, 15) is 4.79 Å². The van der Waals surface area contributed by atoms with Crippen molar-refractivity contribution in [3.8, 4) is 0 Å². The fourth-order valence-electron chi connectivity index (χ4n) is 2.12. The summed E-state index contributed by atoms with van der Waals surface area (Å²) >= 11 is 1.84. The molecule has 1 rings (SSSR count). The van der Waals surface area contributed by atoms with E-state index < -0.39 is 5.41 Å². The highest BCUT2D eigenvalue weighted by atomic mass is 32.2. The standard InChI is InChI=1S/C11H21N3O2S/c1-3-11(4-2,9(12)14-16)10(15)13-8-5-6-17-7-8/h8,16H,3-7H2,1-2H3,(H2,12,14)(H,13,15). The number of hydrogen-bond acceptors (Lipinski definition) is 4. The molecule has 98 valence electrons. The molecular formula is C11H21N3O2S. The Labute approximate surface area is 106 Å². The highest BCUT2D eigenvalue weighted by Gasteiger charge is 2.40. The van der Waals surface area contributed by atoms with E-state index in [0.29, 0.717) is 12.8 Å². The molecule has 0 aliphatic carbocycles. The second-order valence-electron chi connectivity index (χ2n) is 4.31. The normalized spacial score (nSPS) is 21.5. The van der Waals surface area contributed by atoms with Gasteiger partial charge in [-0.2, -0.15) is 11.8 Å². The third kappa shape index (κ3) is 2.86. The number of hydrogen-bond donors (Lipinski definition) is 3. The van der Waals surface area contributed by atoms with Gasteiger partial charge < -0.3 is 16.3 Å². The summed E-state index contributed by atoms with van der Waals surface area (Å²) in [5.41, 5.74) is 4.81. The van der Waals surface area contributed by atoms with E-state index in [1.54, 1.807) is 0 Å². The van der Waals surface area contributed by atoms with Gasteiger partial charge in [-0.25, -0.2) is 0 Å². The quantitative estimate of drug-likeness (QED) is 0.299. The Morgan fingerprint density at radius 3 is 2.65 bits per heavy atom. The van der Waals surface area contributed by atoms with Crippen molar-refractivity contribution in [2.45, 2.75) is 39.2 Å². The van der Waals surface area contributed by atoms with E-state index in [-0.39, 0.29) is 17.8 Å². The van der Waals surface area contributed by atoms with Crippen molar-refractivity contribution in [2.24, 2.45) is 16.3 Å².